The van der Waals surface area contributed by atoms with Crippen molar-refractivity contribution in [3.63, 3.8) is 0 Å². The molecule has 1 atom stereocenters. The fraction of sp³-hybridized carbons (Fsp3) is 0.316. The summed E-state index contributed by atoms with van der Waals surface area (Å²) in [5.74, 6) is 1.59. The molecule has 1 heterocycles. The summed E-state index contributed by atoms with van der Waals surface area (Å²) in [5, 5.41) is 0. The number of methoxy groups -OCH3 is 1. The molecule has 5 nitrogen and oxygen atoms in total. The van der Waals surface area contributed by atoms with Crippen molar-refractivity contribution in [3.8, 4) is 5.75 Å². The Morgan fingerprint density at radius 2 is 2.08 bits per heavy atom. The Balaban J connectivity index is 1.76. The van der Waals surface area contributed by atoms with E-state index in [2.05, 4.69) is 11.1 Å². The summed E-state index contributed by atoms with van der Waals surface area (Å²) in [6.07, 6.45) is 9.86. The SMILES string of the molecule is CCC1(OC)CC=C2CC=C(Oc3ccc(N=C=O)cc3)C=C2O1. The first kappa shape index (κ1) is 16.2. The first-order chi connectivity index (χ1) is 11.7. The molecule has 1 aliphatic heterocycles. The van der Waals surface area contributed by atoms with Gasteiger partial charge in [-0.15, -0.1) is 0 Å². The van der Waals surface area contributed by atoms with Crippen molar-refractivity contribution in [2.24, 2.45) is 4.99 Å². The van der Waals surface area contributed by atoms with Crippen molar-refractivity contribution in [3.05, 3.63) is 59.6 Å². The maximum atomic E-state index is 10.2. The van der Waals surface area contributed by atoms with Gasteiger partial charge in [0.2, 0.25) is 11.9 Å². The number of rotatable bonds is 5. The smallest absolute Gasteiger partial charge is 0.240 e. The minimum absolute atomic E-state index is 0.544. The van der Waals surface area contributed by atoms with Gasteiger partial charge in [0, 0.05) is 26.0 Å². The predicted molar refractivity (Wildman–Crippen MR) is 89.5 cm³/mol. The number of nitrogens with zero attached hydrogens (tertiary/aromatic N) is 1. The molecule has 5 heteroatoms. The van der Waals surface area contributed by atoms with Gasteiger partial charge < -0.3 is 14.2 Å². The molecule has 0 saturated carbocycles. The number of aliphatic imine (C=N–C) groups is 1. The van der Waals surface area contributed by atoms with Crippen LogP contribution in [0.25, 0.3) is 0 Å². The first-order valence-corrected chi connectivity index (χ1v) is 7.89. The van der Waals surface area contributed by atoms with E-state index in [-0.39, 0.29) is 0 Å². The number of isocyanates is 1. The van der Waals surface area contributed by atoms with Crippen molar-refractivity contribution >= 4 is 11.8 Å². The summed E-state index contributed by atoms with van der Waals surface area (Å²) in [7, 11) is 1.67. The van der Waals surface area contributed by atoms with Crippen LogP contribution in [-0.4, -0.2) is 19.0 Å². The molecule has 1 aromatic carbocycles. The highest BCUT2D eigenvalue weighted by Crippen LogP contribution is 2.38. The number of hydrogen-bond acceptors (Lipinski definition) is 5. The Hall–Kier alpha value is -2.62. The van der Waals surface area contributed by atoms with Crippen molar-refractivity contribution in [2.45, 2.75) is 32.0 Å². The zero-order valence-electron chi connectivity index (χ0n) is 13.7. The normalized spacial score (nSPS) is 22.2. The van der Waals surface area contributed by atoms with Gasteiger partial charge in [-0.2, -0.15) is 4.99 Å². The van der Waals surface area contributed by atoms with Crippen LogP contribution in [0.1, 0.15) is 26.2 Å². The number of allylic oxidation sites excluding steroid dienone is 3. The monoisotopic (exact) mass is 325 g/mol. The van der Waals surface area contributed by atoms with Crippen LogP contribution in [0.5, 0.6) is 5.75 Å². The van der Waals surface area contributed by atoms with Crippen LogP contribution in [0.15, 0.2) is 64.6 Å². The molecule has 1 unspecified atom stereocenters. The average molecular weight is 325 g/mol. The number of fused-ring (bicyclic) bond motifs is 1. The van der Waals surface area contributed by atoms with E-state index in [1.807, 2.05) is 19.1 Å². The summed E-state index contributed by atoms with van der Waals surface area (Å²) in [5.41, 5.74) is 1.70. The van der Waals surface area contributed by atoms with E-state index in [1.54, 1.807) is 31.4 Å². The van der Waals surface area contributed by atoms with Crippen LogP contribution in [-0.2, 0) is 14.3 Å². The maximum Gasteiger partial charge on any atom is 0.240 e. The lowest BCUT2D eigenvalue weighted by atomic mass is 9.96. The molecule has 1 aromatic rings. The molecule has 0 spiro atoms. The summed E-state index contributed by atoms with van der Waals surface area (Å²) in [6, 6.07) is 6.92. The van der Waals surface area contributed by atoms with Gasteiger partial charge in [-0.05, 0) is 42.3 Å². The van der Waals surface area contributed by atoms with Gasteiger partial charge in [-0.3, -0.25) is 0 Å². The van der Waals surface area contributed by atoms with Crippen molar-refractivity contribution in [1.82, 2.24) is 0 Å². The second kappa shape index (κ2) is 6.87. The summed E-state index contributed by atoms with van der Waals surface area (Å²) in [4.78, 5) is 13.8. The summed E-state index contributed by atoms with van der Waals surface area (Å²) < 4.78 is 17.5. The molecule has 1 aliphatic carbocycles. The third kappa shape index (κ3) is 3.32. The lowest BCUT2D eigenvalue weighted by Gasteiger charge is -2.37. The molecule has 0 saturated heterocycles. The number of ether oxygens (including phenoxy) is 3. The molecule has 0 fully saturated rings. The molecule has 2 aliphatic rings. The minimum Gasteiger partial charge on any atom is -0.462 e. The second-order valence-electron chi connectivity index (χ2n) is 5.62. The van der Waals surface area contributed by atoms with E-state index in [0.29, 0.717) is 11.4 Å². The Bertz CT molecular complexity index is 748. The highest BCUT2D eigenvalue weighted by atomic mass is 16.7. The number of benzene rings is 1. The third-order valence-electron chi connectivity index (χ3n) is 4.23. The molecule has 0 bridgehead atoms. The highest BCUT2D eigenvalue weighted by Gasteiger charge is 2.35. The van der Waals surface area contributed by atoms with Gasteiger partial charge in [-0.25, -0.2) is 4.79 Å². The summed E-state index contributed by atoms with van der Waals surface area (Å²) in [6.45, 7) is 2.04. The van der Waals surface area contributed by atoms with Gasteiger partial charge in [0.15, 0.2) is 0 Å². The molecular formula is C19H19NO4. The molecule has 3 rings (SSSR count). The van der Waals surface area contributed by atoms with Crippen molar-refractivity contribution in [1.29, 1.82) is 0 Å². The Kier molecular flexibility index (Phi) is 4.65. The quantitative estimate of drug-likeness (QED) is 0.598. The van der Waals surface area contributed by atoms with E-state index in [4.69, 9.17) is 14.2 Å². The van der Waals surface area contributed by atoms with Crippen LogP contribution in [0, 0.1) is 0 Å². The molecule has 0 N–H and O–H groups in total. The Morgan fingerprint density at radius 1 is 1.29 bits per heavy atom. The molecule has 0 amide bonds. The van der Waals surface area contributed by atoms with E-state index in [9.17, 15) is 4.79 Å². The first-order valence-electron chi connectivity index (χ1n) is 7.89. The fourth-order valence-corrected chi connectivity index (χ4v) is 2.73. The van der Waals surface area contributed by atoms with Crippen LogP contribution in [0.2, 0.25) is 0 Å². The topological polar surface area (TPSA) is 57.1 Å². The largest absolute Gasteiger partial charge is 0.462 e. The molecular weight excluding hydrogens is 306 g/mol. The second-order valence-corrected chi connectivity index (χ2v) is 5.62. The number of carbonyl (C=O) groups excluding carboxylic acids is 1. The molecule has 0 radical (unpaired) electrons. The highest BCUT2D eigenvalue weighted by molar-refractivity contribution is 5.50. The van der Waals surface area contributed by atoms with Gasteiger partial charge in [0.05, 0.1) is 5.69 Å². The van der Waals surface area contributed by atoms with E-state index in [0.717, 1.165) is 36.4 Å². The lowest BCUT2D eigenvalue weighted by molar-refractivity contribution is -0.201. The Morgan fingerprint density at radius 3 is 2.75 bits per heavy atom. The summed E-state index contributed by atoms with van der Waals surface area (Å²) >= 11 is 0. The molecule has 24 heavy (non-hydrogen) atoms. The van der Waals surface area contributed by atoms with Gasteiger partial charge in [0.25, 0.3) is 0 Å². The molecule has 124 valence electrons. The zero-order chi connectivity index (χ0) is 17.0. The predicted octanol–water partition coefficient (Wildman–Crippen LogP) is 4.30. The molecule has 0 aromatic heterocycles. The maximum absolute atomic E-state index is 10.2. The minimum atomic E-state index is -0.591. The van der Waals surface area contributed by atoms with Crippen molar-refractivity contribution < 1.29 is 19.0 Å². The van der Waals surface area contributed by atoms with Gasteiger partial charge in [-0.1, -0.05) is 13.0 Å². The van der Waals surface area contributed by atoms with Gasteiger partial charge in [0.1, 0.15) is 17.3 Å². The van der Waals surface area contributed by atoms with Crippen LogP contribution < -0.4 is 4.74 Å². The Labute approximate surface area is 140 Å². The number of hydrogen-bond donors (Lipinski definition) is 0. The lowest BCUT2D eigenvalue weighted by Crippen LogP contribution is -2.36. The third-order valence-corrected chi connectivity index (χ3v) is 4.23. The van der Waals surface area contributed by atoms with E-state index in [1.165, 1.54) is 6.08 Å². The fourth-order valence-electron chi connectivity index (χ4n) is 2.73. The van der Waals surface area contributed by atoms with Crippen LogP contribution >= 0.6 is 0 Å². The van der Waals surface area contributed by atoms with Crippen LogP contribution in [0.4, 0.5) is 5.69 Å². The van der Waals surface area contributed by atoms with Crippen LogP contribution in [0.3, 0.4) is 0 Å². The standard InChI is InChI=1S/C19H19NO4/c1-3-19(22-2)11-10-14-4-7-17(12-18(14)24-19)23-16-8-5-15(6-9-16)20-13-21/h5-10,12H,3-4,11H2,1-2H3. The van der Waals surface area contributed by atoms with E-state index < -0.39 is 5.79 Å². The van der Waals surface area contributed by atoms with Gasteiger partial charge >= 0.3 is 0 Å². The van der Waals surface area contributed by atoms with E-state index >= 15 is 0 Å². The zero-order valence-corrected chi connectivity index (χ0v) is 13.7. The average Bonchev–Trinajstić information content (AvgIpc) is 2.63. The van der Waals surface area contributed by atoms with Crippen molar-refractivity contribution in [2.75, 3.05) is 7.11 Å².